The summed E-state index contributed by atoms with van der Waals surface area (Å²) in [5.41, 5.74) is 4.01. The highest BCUT2D eigenvalue weighted by Gasteiger charge is 2.28. The van der Waals surface area contributed by atoms with Gasteiger partial charge in [0.2, 0.25) is 0 Å². The van der Waals surface area contributed by atoms with Crippen LogP contribution >= 0.6 is 15.9 Å². The molecule has 0 saturated heterocycles. The zero-order valence-electron chi connectivity index (χ0n) is 14.7. The molecule has 0 N–H and O–H groups in total. The predicted octanol–water partition coefficient (Wildman–Crippen LogP) is 5.39. The second-order valence-corrected chi connectivity index (χ2v) is 6.56. The highest BCUT2D eigenvalue weighted by atomic mass is 79.9. The number of nitrogens with zero attached hydrogens (tertiary/aromatic N) is 1. The number of halogens is 1. The van der Waals surface area contributed by atoms with Crippen molar-refractivity contribution in [1.82, 2.24) is 0 Å². The van der Waals surface area contributed by atoms with Crippen molar-refractivity contribution in [1.29, 1.82) is 0 Å². The molecular weight excluding hydrogens is 366 g/mol. The van der Waals surface area contributed by atoms with E-state index in [4.69, 9.17) is 4.74 Å². The van der Waals surface area contributed by atoms with Crippen LogP contribution in [0.5, 0.6) is 0 Å². The summed E-state index contributed by atoms with van der Waals surface area (Å²) in [7, 11) is 1.71. The molecule has 3 rings (SSSR count). The molecule has 1 amide bonds. The lowest BCUT2D eigenvalue weighted by molar-refractivity contribution is 0.0996. The van der Waals surface area contributed by atoms with E-state index >= 15 is 0 Å². The smallest absolute Gasteiger partial charge is 0.258 e. The average Bonchev–Trinajstić information content (AvgIpc) is 2.93. The third kappa shape index (κ3) is 3.87. The molecule has 2 aromatic rings. The minimum atomic E-state index is 0.0639. The lowest BCUT2D eigenvalue weighted by Gasteiger charge is -2.17. The molecule has 0 fully saturated rings. The van der Waals surface area contributed by atoms with Gasteiger partial charge in [0.25, 0.3) is 5.91 Å². The zero-order valence-corrected chi connectivity index (χ0v) is 16.3. The van der Waals surface area contributed by atoms with Gasteiger partial charge in [-0.1, -0.05) is 54.9 Å². The Morgan fingerprint density at radius 3 is 2.46 bits per heavy atom. The van der Waals surface area contributed by atoms with Crippen LogP contribution in [0.4, 0.5) is 5.69 Å². The fraction of sp³-hybridized carbons (Fsp3) is 0.350. The monoisotopic (exact) mass is 389 g/mol. The first-order valence-electron chi connectivity index (χ1n) is 8.29. The van der Waals surface area contributed by atoms with Gasteiger partial charge in [-0.3, -0.25) is 4.79 Å². The van der Waals surface area contributed by atoms with Gasteiger partial charge in [0, 0.05) is 28.8 Å². The normalized spacial score (nSPS) is 14.0. The van der Waals surface area contributed by atoms with Crippen LogP contribution in [0.25, 0.3) is 0 Å². The maximum absolute atomic E-state index is 12.6. The predicted molar refractivity (Wildman–Crippen MR) is 103 cm³/mol. The van der Waals surface area contributed by atoms with Crippen molar-refractivity contribution in [2.24, 2.45) is 0 Å². The number of fused-ring (bicyclic) bond motifs is 1. The molecule has 1 heterocycles. The van der Waals surface area contributed by atoms with Crippen LogP contribution < -0.4 is 4.90 Å². The van der Waals surface area contributed by atoms with E-state index in [1.807, 2.05) is 49.1 Å². The molecule has 3 nitrogen and oxygen atoms in total. The van der Waals surface area contributed by atoms with E-state index in [-0.39, 0.29) is 5.91 Å². The number of hydrogen-bond acceptors (Lipinski definition) is 2. The van der Waals surface area contributed by atoms with E-state index in [9.17, 15) is 4.79 Å². The summed E-state index contributed by atoms with van der Waals surface area (Å²) < 4.78 is 6.12. The highest BCUT2D eigenvalue weighted by molar-refractivity contribution is 9.10. The van der Waals surface area contributed by atoms with Gasteiger partial charge in [0.15, 0.2) is 0 Å². The Balaban J connectivity index is 0.00000100. The van der Waals surface area contributed by atoms with Crippen LogP contribution in [-0.2, 0) is 11.3 Å². The van der Waals surface area contributed by atoms with Crippen molar-refractivity contribution in [3.8, 4) is 0 Å². The van der Waals surface area contributed by atoms with Crippen LogP contribution in [0.3, 0.4) is 0 Å². The molecule has 0 aliphatic carbocycles. The van der Waals surface area contributed by atoms with E-state index in [2.05, 4.69) is 35.0 Å². The molecule has 128 valence electrons. The van der Waals surface area contributed by atoms with Gasteiger partial charge in [-0.05, 0) is 35.4 Å². The van der Waals surface area contributed by atoms with Crippen molar-refractivity contribution in [2.75, 3.05) is 18.6 Å². The molecular formula is C20H24BrNO2. The number of hydrogen-bond donors (Lipinski definition) is 0. The molecule has 24 heavy (non-hydrogen) atoms. The first kappa shape index (κ1) is 18.7. The zero-order chi connectivity index (χ0) is 17.7. The minimum Gasteiger partial charge on any atom is -0.384 e. The molecule has 1 aliphatic rings. The number of benzene rings is 2. The fourth-order valence-electron chi connectivity index (χ4n) is 2.81. The molecule has 1 unspecified atom stereocenters. The number of anilines is 1. The van der Waals surface area contributed by atoms with Crippen LogP contribution in [0, 0.1) is 0 Å². The van der Waals surface area contributed by atoms with Gasteiger partial charge in [-0.25, -0.2) is 0 Å². The van der Waals surface area contributed by atoms with Crippen molar-refractivity contribution in [2.45, 2.75) is 33.2 Å². The van der Waals surface area contributed by atoms with Crippen molar-refractivity contribution >= 4 is 27.5 Å². The molecule has 0 spiro atoms. The standard InChI is InChI=1S/C18H18BrNO2.C2H6/c1-12(11-22-2)13-4-7-16(8-5-13)20-10-14-3-6-15(19)9-17(14)18(20)21;1-2/h3-9,12H,10-11H2,1-2H3;1-2H3. The van der Waals surface area contributed by atoms with Gasteiger partial charge in [0.05, 0.1) is 13.2 Å². The molecule has 0 radical (unpaired) electrons. The maximum Gasteiger partial charge on any atom is 0.258 e. The van der Waals surface area contributed by atoms with E-state index < -0.39 is 0 Å². The summed E-state index contributed by atoms with van der Waals surface area (Å²) >= 11 is 3.43. The molecule has 1 aliphatic heterocycles. The Kier molecular flexibility index (Phi) is 6.58. The lowest BCUT2D eigenvalue weighted by atomic mass is 10.0. The summed E-state index contributed by atoms with van der Waals surface area (Å²) in [4.78, 5) is 14.4. The third-order valence-electron chi connectivity index (χ3n) is 4.07. The second kappa shape index (κ2) is 8.45. The third-order valence-corrected chi connectivity index (χ3v) is 4.56. The van der Waals surface area contributed by atoms with Gasteiger partial charge >= 0.3 is 0 Å². The number of carbonyl (C=O) groups is 1. The summed E-state index contributed by atoms with van der Waals surface area (Å²) in [6, 6.07) is 14.1. The van der Waals surface area contributed by atoms with E-state index in [1.165, 1.54) is 5.56 Å². The average molecular weight is 390 g/mol. The molecule has 0 aromatic heterocycles. The van der Waals surface area contributed by atoms with Crippen LogP contribution in [-0.4, -0.2) is 19.6 Å². The quantitative estimate of drug-likeness (QED) is 0.701. The van der Waals surface area contributed by atoms with E-state index in [0.29, 0.717) is 19.1 Å². The van der Waals surface area contributed by atoms with Crippen LogP contribution in [0.15, 0.2) is 46.9 Å². The number of methoxy groups -OCH3 is 1. The summed E-state index contributed by atoms with van der Waals surface area (Å²) in [5, 5.41) is 0. The number of carbonyl (C=O) groups excluding carboxylic acids is 1. The Bertz CT molecular complexity index is 697. The van der Waals surface area contributed by atoms with Gasteiger partial charge in [-0.2, -0.15) is 0 Å². The highest BCUT2D eigenvalue weighted by Crippen LogP contribution is 2.31. The molecule has 1 atom stereocenters. The Labute approximate surface area is 152 Å². The second-order valence-electron chi connectivity index (χ2n) is 5.64. The topological polar surface area (TPSA) is 29.5 Å². The van der Waals surface area contributed by atoms with Crippen molar-refractivity contribution < 1.29 is 9.53 Å². The Hall–Kier alpha value is -1.65. The molecule has 2 aromatic carbocycles. The lowest BCUT2D eigenvalue weighted by Crippen LogP contribution is -2.22. The Morgan fingerprint density at radius 1 is 1.17 bits per heavy atom. The number of ether oxygens (including phenoxy) is 1. The molecule has 4 heteroatoms. The minimum absolute atomic E-state index is 0.0639. The van der Waals surface area contributed by atoms with Crippen LogP contribution in [0.1, 0.15) is 48.2 Å². The summed E-state index contributed by atoms with van der Waals surface area (Å²) in [6.07, 6.45) is 0. The van der Waals surface area contributed by atoms with Crippen molar-refractivity contribution in [3.63, 3.8) is 0 Å². The summed E-state index contributed by atoms with van der Waals surface area (Å²) in [6.45, 7) is 7.46. The summed E-state index contributed by atoms with van der Waals surface area (Å²) in [5.74, 6) is 0.412. The first-order chi connectivity index (χ1) is 11.6. The maximum atomic E-state index is 12.6. The molecule has 0 saturated carbocycles. The number of rotatable bonds is 4. The number of amides is 1. The largest absolute Gasteiger partial charge is 0.384 e. The van der Waals surface area contributed by atoms with Gasteiger partial charge in [-0.15, -0.1) is 0 Å². The molecule has 0 bridgehead atoms. The first-order valence-corrected chi connectivity index (χ1v) is 9.08. The van der Waals surface area contributed by atoms with E-state index in [0.717, 1.165) is 21.3 Å². The van der Waals surface area contributed by atoms with E-state index in [1.54, 1.807) is 7.11 Å². The van der Waals surface area contributed by atoms with Gasteiger partial charge in [0.1, 0.15) is 0 Å². The van der Waals surface area contributed by atoms with Crippen molar-refractivity contribution in [3.05, 3.63) is 63.6 Å². The SMILES string of the molecule is CC.COCC(C)c1ccc(N2Cc3ccc(Br)cc3C2=O)cc1. The fourth-order valence-corrected chi connectivity index (χ4v) is 3.17. The van der Waals surface area contributed by atoms with Crippen LogP contribution in [0.2, 0.25) is 0 Å². The van der Waals surface area contributed by atoms with Gasteiger partial charge < -0.3 is 9.64 Å². The Morgan fingerprint density at radius 2 is 1.83 bits per heavy atom.